The highest BCUT2D eigenvalue weighted by Gasteiger charge is 2.38. The van der Waals surface area contributed by atoms with Gasteiger partial charge in [-0.05, 0) is 36.1 Å². The number of hydrogen-bond donors (Lipinski definition) is 2. The summed E-state index contributed by atoms with van der Waals surface area (Å²) < 4.78 is 17.7. The highest BCUT2D eigenvalue weighted by molar-refractivity contribution is 9.10. The monoisotopic (exact) mass is 577 g/mol. The predicted octanol–water partition coefficient (Wildman–Crippen LogP) is 5.09. The van der Waals surface area contributed by atoms with Gasteiger partial charge < -0.3 is 24.8 Å². The molecule has 2 aliphatic heterocycles. The van der Waals surface area contributed by atoms with Gasteiger partial charge in [-0.1, -0.05) is 54.0 Å². The Balaban J connectivity index is 1.59. The van der Waals surface area contributed by atoms with E-state index >= 15 is 0 Å². The first-order valence-corrected chi connectivity index (χ1v) is 13.2. The second-order valence-corrected chi connectivity index (χ2v) is 10.6. The van der Waals surface area contributed by atoms with Crippen LogP contribution >= 0.6 is 15.9 Å². The van der Waals surface area contributed by atoms with Crippen molar-refractivity contribution in [2.45, 2.75) is 26.2 Å². The summed E-state index contributed by atoms with van der Waals surface area (Å²) in [4.78, 5) is 14.6. The number of aromatic nitrogens is 2. The van der Waals surface area contributed by atoms with E-state index in [-0.39, 0.29) is 17.3 Å². The molecule has 0 spiro atoms. The van der Waals surface area contributed by atoms with E-state index < -0.39 is 12.0 Å². The van der Waals surface area contributed by atoms with Crippen molar-refractivity contribution in [2.75, 3.05) is 26.3 Å². The van der Waals surface area contributed by atoms with Crippen LogP contribution in [0.1, 0.15) is 36.5 Å². The lowest BCUT2D eigenvalue weighted by atomic mass is 9.82. The molecule has 3 aromatic rings. The number of nitrogens with two attached hydrogens (primary N) is 1. The van der Waals surface area contributed by atoms with Crippen LogP contribution in [0.15, 0.2) is 58.4 Å². The third kappa shape index (κ3) is 5.12. The van der Waals surface area contributed by atoms with E-state index in [1.165, 1.54) is 5.56 Å². The number of morpholine rings is 1. The highest BCUT2D eigenvalue weighted by Crippen LogP contribution is 2.48. The Kier molecular flexibility index (Phi) is 7.40. The molecule has 5 rings (SSSR count). The van der Waals surface area contributed by atoms with Gasteiger partial charge in [0, 0.05) is 28.7 Å². The molecule has 10 heteroatoms. The van der Waals surface area contributed by atoms with Crippen molar-refractivity contribution in [3.8, 4) is 29.0 Å². The zero-order valence-corrected chi connectivity index (χ0v) is 22.7. The van der Waals surface area contributed by atoms with Crippen molar-refractivity contribution in [3.63, 3.8) is 0 Å². The van der Waals surface area contributed by atoms with Crippen LogP contribution in [-0.2, 0) is 11.2 Å². The van der Waals surface area contributed by atoms with Crippen molar-refractivity contribution < 1.29 is 19.0 Å². The van der Waals surface area contributed by atoms with Gasteiger partial charge >= 0.3 is 6.09 Å². The van der Waals surface area contributed by atoms with Gasteiger partial charge in [0.05, 0.1) is 30.4 Å². The molecule has 2 aliphatic rings. The van der Waals surface area contributed by atoms with Crippen LogP contribution < -0.4 is 15.2 Å². The molecule has 0 bridgehead atoms. The lowest BCUT2D eigenvalue weighted by Gasteiger charge is -2.28. The maximum atomic E-state index is 13.0. The number of ether oxygens (including phenoxy) is 3. The van der Waals surface area contributed by atoms with E-state index in [9.17, 15) is 10.1 Å². The molecule has 0 saturated carbocycles. The van der Waals surface area contributed by atoms with Crippen molar-refractivity contribution in [3.05, 3.63) is 75.1 Å². The normalized spacial score (nSPS) is 17.1. The molecule has 1 aromatic heterocycles. The first-order chi connectivity index (χ1) is 18.4. The fourth-order valence-electron chi connectivity index (χ4n) is 4.80. The van der Waals surface area contributed by atoms with Crippen molar-refractivity contribution >= 4 is 22.0 Å². The molecule has 1 saturated heterocycles. The summed E-state index contributed by atoms with van der Waals surface area (Å²) in [5.41, 5.74) is 10.5. The molecule has 9 nitrogen and oxygen atoms in total. The largest absolute Gasteiger partial charge is 0.420 e. The molecular formula is C28H28BrN5O4. The number of rotatable bonds is 5. The van der Waals surface area contributed by atoms with Gasteiger partial charge in [0.1, 0.15) is 17.4 Å². The lowest BCUT2D eigenvalue weighted by molar-refractivity contribution is 0.0415. The van der Waals surface area contributed by atoms with Crippen LogP contribution in [0, 0.1) is 17.2 Å². The third-order valence-corrected chi connectivity index (χ3v) is 7.07. The van der Waals surface area contributed by atoms with Crippen LogP contribution in [0.3, 0.4) is 0 Å². The summed E-state index contributed by atoms with van der Waals surface area (Å²) in [6.07, 6.45) is 0.494. The van der Waals surface area contributed by atoms with Gasteiger partial charge in [0.25, 0.3) is 0 Å². The number of amides is 1. The fourth-order valence-corrected chi connectivity index (χ4v) is 5.18. The lowest BCUT2D eigenvalue weighted by Crippen LogP contribution is -2.42. The van der Waals surface area contributed by atoms with Crippen LogP contribution in [0.2, 0.25) is 0 Å². The summed E-state index contributed by atoms with van der Waals surface area (Å²) in [7, 11) is 0. The van der Waals surface area contributed by atoms with Gasteiger partial charge in [-0.25, -0.2) is 4.79 Å². The number of H-pyrrole nitrogens is 1. The van der Waals surface area contributed by atoms with Crippen LogP contribution in [0.4, 0.5) is 4.79 Å². The molecule has 3 heterocycles. The summed E-state index contributed by atoms with van der Waals surface area (Å²) in [6.45, 7) is 6.17. The Morgan fingerprint density at radius 1 is 1.26 bits per heavy atom. The van der Waals surface area contributed by atoms with E-state index in [0.29, 0.717) is 54.8 Å². The Hall–Kier alpha value is -3.81. The zero-order chi connectivity index (χ0) is 26.8. The zero-order valence-electron chi connectivity index (χ0n) is 21.2. The van der Waals surface area contributed by atoms with Crippen molar-refractivity contribution in [1.29, 1.82) is 5.26 Å². The summed E-state index contributed by atoms with van der Waals surface area (Å²) in [6, 6.07) is 15.8. The molecule has 1 unspecified atom stereocenters. The van der Waals surface area contributed by atoms with E-state index in [1.807, 2.05) is 18.2 Å². The van der Waals surface area contributed by atoms with E-state index in [0.717, 1.165) is 16.5 Å². The molecule has 1 atom stereocenters. The third-order valence-electron chi connectivity index (χ3n) is 6.57. The number of benzene rings is 2. The Labute approximate surface area is 229 Å². The molecular weight excluding hydrogens is 550 g/mol. The van der Waals surface area contributed by atoms with Crippen LogP contribution in [-0.4, -0.2) is 47.5 Å². The average Bonchev–Trinajstić information content (AvgIpc) is 3.32. The number of hydrogen-bond acceptors (Lipinski definition) is 7. The van der Waals surface area contributed by atoms with E-state index in [4.69, 9.17) is 19.9 Å². The molecule has 2 aromatic carbocycles. The molecule has 38 heavy (non-hydrogen) atoms. The Morgan fingerprint density at radius 2 is 2.00 bits per heavy atom. The minimum Gasteiger partial charge on any atom is -0.420 e. The number of halogens is 1. The Bertz CT molecular complexity index is 1420. The molecule has 1 fully saturated rings. The molecule has 1 amide bonds. The fraction of sp³-hybridized carbons (Fsp3) is 0.321. The molecule has 0 radical (unpaired) electrons. The predicted molar refractivity (Wildman–Crippen MR) is 144 cm³/mol. The van der Waals surface area contributed by atoms with Crippen molar-refractivity contribution in [1.82, 2.24) is 15.1 Å². The SMILES string of the molecule is CC(C)Cc1ccc(-c2[nH]nc3c2C(c2cc(Br)ccc2OC(=O)N2CCOCC2)C(C#N)=C(N)O3)cc1. The minimum absolute atomic E-state index is 0.0410. The highest BCUT2D eigenvalue weighted by atomic mass is 79.9. The summed E-state index contributed by atoms with van der Waals surface area (Å²) >= 11 is 3.53. The quantitative estimate of drug-likeness (QED) is 0.432. The molecule has 0 aliphatic carbocycles. The summed E-state index contributed by atoms with van der Waals surface area (Å²) in [5.74, 6) is 0.416. The van der Waals surface area contributed by atoms with Gasteiger partial charge in [-0.2, -0.15) is 5.26 Å². The van der Waals surface area contributed by atoms with Gasteiger partial charge in [-0.15, -0.1) is 5.10 Å². The number of nitrogens with one attached hydrogen (secondary N) is 1. The number of carbonyl (C=O) groups excluding carboxylic acids is 1. The van der Waals surface area contributed by atoms with Crippen LogP contribution in [0.5, 0.6) is 11.6 Å². The standard InChI is InChI=1S/C28H28BrN5O4/c1-16(2)13-17-3-5-18(6-4-17)25-24-23(21(15-30)26(31)38-27(24)33-32-25)20-14-19(29)7-8-22(20)37-28(35)34-9-11-36-12-10-34/h3-8,14,16,23H,9-13,31H2,1-2H3,(H,32,33). The number of nitriles is 1. The Morgan fingerprint density at radius 3 is 2.68 bits per heavy atom. The first-order valence-electron chi connectivity index (χ1n) is 12.4. The number of nitrogens with zero attached hydrogens (tertiary/aromatic N) is 3. The first kappa shape index (κ1) is 25.8. The number of carbonyl (C=O) groups is 1. The summed E-state index contributed by atoms with van der Waals surface area (Å²) in [5, 5.41) is 17.6. The number of fused-ring (bicyclic) bond motifs is 1. The smallest absolute Gasteiger partial charge is 0.415 e. The van der Waals surface area contributed by atoms with Gasteiger partial charge in [0.2, 0.25) is 11.8 Å². The van der Waals surface area contributed by atoms with Gasteiger partial charge in [-0.3, -0.25) is 5.10 Å². The number of aromatic amines is 1. The van der Waals surface area contributed by atoms with E-state index in [2.05, 4.69) is 58.2 Å². The maximum absolute atomic E-state index is 13.0. The molecule has 3 N–H and O–H groups in total. The second-order valence-electron chi connectivity index (χ2n) is 9.69. The van der Waals surface area contributed by atoms with E-state index in [1.54, 1.807) is 17.0 Å². The van der Waals surface area contributed by atoms with Crippen molar-refractivity contribution in [2.24, 2.45) is 11.7 Å². The molecule has 196 valence electrons. The number of allylic oxidation sites excluding steroid dienone is 1. The second kappa shape index (κ2) is 10.9. The van der Waals surface area contributed by atoms with Crippen LogP contribution in [0.25, 0.3) is 11.3 Å². The maximum Gasteiger partial charge on any atom is 0.415 e. The van der Waals surface area contributed by atoms with Gasteiger partial charge in [0.15, 0.2) is 0 Å². The minimum atomic E-state index is -0.683. The topological polar surface area (TPSA) is 126 Å². The average molecular weight is 578 g/mol.